The molecular formula is C72H124N4O31. The van der Waals surface area contributed by atoms with E-state index in [1.54, 1.807) is 0 Å². The standard InChI is InChI=1S/C72H124N4O31/c1-55(79)61(75-67(85)14-19-92-23-27-96-30-32-97-28-24-93-20-16-74-72(90)107-54-60-58-10-4-2-8-56(58)57-9-3-5-11-59(57)60)12-6-7-15-73-66(84)13-18-91-22-26-95-31-34-99-36-38-101-40-42-103-44-46-105-48-49-106-47-45-104-43-41-102-39-37-100-35-33-98-29-25-94-21-17-76(50-62(80)68(86)70(88)64(82)52-77)51-63(81)69(87)71(89)65(83)53-78/h2-5,8-11,60-65,68-71,77-78,80-83,86-89H,6-7,12-54H2,1H3,(H,73,84)(H,74,90)(H,75,85)/t61-,62-,63-,64+,65+,68+,69+,70+,71+/m0/s1. The number of Topliss-reactive ketones (excluding diaryl/α,β-unsaturated/α-hetero) is 1. The average molecular weight is 1540 g/mol. The van der Waals surface area contributed by atoms with Gasteiger partial charge in [0.2, 0.25) is 11.8 Å². The van der Waals surface area contributed by atoms with E-state index >= 15 is 0 Å². The van der Waals surface area contributed by atoms with Crippen LogP contribution in [0.15, 0.2) is 48.5 Å². The third kappa shape index (κ3) is 47.3. The summed E-state index contributed by atoms with van der Waals surface area (Å²) >= 11 is 0. The molecule has 13 N–H and O–H groups in total. The van der Waals surface area contributed by atoms with Crippen molar-refractivity contribution in [3.63, 3.8) is 0 Å². The number of amides is 3. The first kappa shape index (κ1) is 96.4. The molecule has 2 aromatic rings. The second kappa shape index (κ2) is 64.9. The van der Waals surface area contributed by atoms with Gasteiger partial charge >= 0.3 is 6.09 Å². The molecule has 1 aliphatic rings. The number of rotatable bonds is 75. The van der Waals surface area contributed by atoms with Crippen molar-refractivity contribution in [1.82, 2.24) is 20.9 Å². The van der Waals surface area contributed by atoms with Crippen molar-refractivity contribution in [1.29, 1.82) is 0 Å². The van der Waals surface area contributed by atoms with E-state index in [2.05, 4.69) is 40.2 Å². The summed E-state index contributed by atoms with van der Waals surface area (Å²) in [7, 11) is 0. The number of benzene rings is 2. The maximum absolute atomic E-state index is 12.5. The van der Waals surface area contributed by atoms with Crippen molar-refractivity contribution in [3.05, 3.63) is 59.7 Å². The van der Waals surface area contributed by atoms with Gasteiger partial charge in [0.05, 0.1) is 243 Å². The number of hydrogen-bond donors (Lipinski definition) is 13. The number of ether oxygens (including phenoxy) is 17. The molecule has 0 aromatic heterocycles. The van der Waals surface area contributed by atoms with Gasteiger partial charge in [0.25, 0.3) is 0 Å². The van der Waals surface area contributed by atoms with E-state index in [9.17, 15) is 60.0 Å². The summed E-state index contributed by atoms with van der Waals surface area (Å²) in [6.45, 7) is 10.8. The number of aliphatic hydroxyl groups excluding tert-OH is 10. The molecule has 9 atom stereocenters. The molecule has 0 fully saturated rings. The number of fused-ring (bicyclic) bond motifs is 3. The van der Waals surface area contributed by atoms with Gasteiger partial charge < -0.3 is 148 Å². The highest BCUT2D eigenvalue weighted by Crippen LogP contribution is 2.44. The van der Waals surface area contributed by atoms with Gasteiger partial charge in [0.1, 0.15) is 43.2 Å². The molecule has 35 nitrogen and oxygen atoms in total. The van der Waals surface area contributed by atoms with Crippen LogP contribution >= 0.6 is 0 Å². The van der Waals surface area contributed by atoms with Crippen molar-refractivity contribution in [2.75, 3.05) is 264 Å². The largest absolute Gasteiger partial charge is 0.449 e. The lowest BCUT2D eigenvalue weighted by molar-refractivity contribution is -0.131. The van der Waals surface area contributed by atoms with Crippen molar-refractivity contribution in [2.24, 2.45) is 0 Å². The number of nitrogens with zero attached hydrogens (tertiary/aromatic N) is 1. The summed E-state index contributed by atoms with van der Waals surface area (Å²) in [6.07, 6.45) is -12.9. The fraction of sp³-hybridized carbons (Fsp3) is 0.778. The molecule has 107 heavy (non-hydrogen) atoms. The minimum absolute atomic E-state index is 0.00158. The number of unbranched alkanes of at least 4 members (excludes halogenated alkanes) is 1. The van der Waals surface area contributed by atoms with E-state index in [0.717, 1.165) is 11.1 Å². The third-order valence-electron chi connectivity index (χ3n) is 16.2. The molecule has 1 aliphatic carbocycles. The number of carbonyl (C=O) groups excluding carboxylic acids is 4. The van der Waals surface area contributed by atoms with Gasteiger partial charge in [0.15, 0.2) is 5.78 Å². The molecule has 3 rings (SSSR count). The fourth-order valence-electron chi connectivity index (χ4n) is 10.2. The van der Waals surface area contributed by atoms with Crippen molar-refractivity contribution >= 4 is 23.7 Å². The molecule has 0 heterocycles. The number of ketones is 1. The maximum atomic E-state index is 12.5. The molecule has 0 unspecified atom stereocenters. The number of aliphatic hydroxyl groups is 10. The Kier molecular flexibility index (Phi) is 58.5. The SMILES string of the molecule is CC(=O)[C@H](CCCCNC(=O)CCOCCOCCOCCOCCOCCOCCOCCOCCOCCOCCOCCOCCN(C[C@H](O)[C@@H](O)[C@H](O)[C@H](O)CO)C[C@H](O)[C@@H](O)[C@H](O)[C@H](O)CO)NC(=O)CCOCCOCCOCCOCCNC(=O)OCC1c2ccccc2-c2ccccc21. The third-order valence-corrected chi connectivity index (χ3v) is 16.2. The average Bonchev–Trinajstić information content (AvgIpc) is 1.61. The van der Waals surface area contributed by atoms with E-state index in [0.29, 0.717) is 204 Å². The molecule has 0 saturated heterocycles. The van der Waals surface area contributed by atoms with Crippen LogP contribution in [0.3, 0.4) is 0 Å². The zero-order chi connectivity index (χ0) is 77.6. The van der Waals surface area contributed by atoms with Crippen molar-refractivity contribution in [2.45, 2.75) is 99.8 Å². The van der Waals surface area contributed by atoms with Gasteiger partial charge in [-0.15, -0.1) is 0 Å². The van der Waals surface area contributed by atoms with Gasteiger partial charge in [-0.1, -0.05) is 48.5 Å². The first-order chi connectivity index (χ1) is 52.1. The molecule has 35 heteroatoms. The molecule has 2 aromatic carbocycles. The van der Waals surface area contributed by atoms with Crippen LogP contribution in [0.1, 0.15) is 56.1 Å². The Morgan fingerprint density at radius 3 is 1.06 bits per heavy atom. The Labute approximate surface area is 627 Å². The molecule has 618 valence electrons. The minimum atomic E-state index is -1.89. The monoisotopic (exact) mass is 1540 g/mol. The number of carbonyl (C=O) groups is 4. The number of alkyl carbamates (subject to hydrolysis) is 1. The first-order valence-corrected chi connectivity index (χ1v) is 36.9. The predicted octanol–water partition coefficient (Wildman–Crippen LogP) is -2.90. The van der Waals surface area contributed by atoms with E-state index < -0.39 is 87.3 Å². The fourth-order valence-corrected chi connectivity index (χ4v) is 10.2. The van der Waals surface area contributed by atoms with Crippen LogP contribution in [0.5, 0.6) is 0 Å². The van der Waals surface area contributed by atoms with Gasteiger partial charge in [-0.05, 0) is 48.4 Å². The van der Waals surface area contributed by atoms with E-state index in [-0.39, 0.29) is 89.2 Å². The lowest BCUT2D eigenvalue weighted by Gasteiger charge is -2.33. The molecule has 0 saturated carbocycles. The van der Waals surface area contributed by atoms with Crippen LogP contribution < -0.4 is 16.0 Å². The first-order valence-electron chi connectivity index (χ1n) is 36.9. The predicted molar refractivity (Wildman–Crippen MR) is 384 cm³/mol. The van der Waals surface area contributed by atoms with Crippen molar-refractivity contribution in [3.8, 4) is 11.1 Å². The highest BCUT2D eigenvalue weighted by Gasteiger charge is 2.35. The summed E-state index contributed by atoms with van der Waals surface area (Å²) in [5.74, 6) is -0.574. The molecule has 3 amide bonds. The molecule has 0 radical (unpaired) electrons. The maximum Gasteiger partial charge on any atom is 0.407 e. The molecule has 0 aliphatic heterocycles. The second-order valence-electron chi connectivity index (χ2n) is 24.5. The van der Waals surface area contributed by atoms with Crippen LogP contribution in [-0.4, -0.2) is 398 Å². The number of nitrogens with one attached hydrogen (secondary N) is 3. The van der Waals surface area contributed by atoms with Crippen LogP contribution in [0, 0.1) is 0 Å². The Morgan fingerprint density at radius 1 is 0.383 bits per heavy atom. The van der Waals surface area contributed by atoms with Crippen LogP contribution in [-0.2, 0) is 94.9 Å². The summed E-state index contributed by atoms with van der Waals surface area (Å²) < 4.78 is 93.8. The summed E-state index contributed by atoms with van der Waals surface area (Å²) in [4.78, 5) is 50.6. The quantitative estimate of drug-likeness (QED) is 0.0296. The Morgan fingerprint density at radius 2 is 0.701 bits per heavy atom. The van der Waals surface area contributed by atoms with Gasteiger partial charge in [-0.25, -0.2) is 4.79 Å². The van der Waals surface area contributed by atoms with Crippen molar-refractivity contribution < 1.29 is 151 Å². The lowest BCUT2D eigenvalue weighted by Crippen LogP contribution is -2.53. The Bertz CT molecular complexity index is 2430. The Hall–Kier alpha value is -4.76. The van der Waals surface area contributed by atoms with Gasteiger partial charge in [-0.3, -0.25) is 19.3 Å². The number of hydrogen-bond acceptors (Lipinski definition) is 32. The van der Waals surface area contributed by atoms with Crippen LogP contribution in [0.2, 0.25) is 0 Å². The summed E-state index contributed by atoms with van der Waals surface area (Å²) in [5.41, 5.74) is 4.66. The highest BCUT2D eigenvalue weighted by molar-refractivity contribution is 5.87. The zero-order valence-corrected chi connectivity index (χ0v) is 62.2. The highest BCUT2D eigenvalue weighted by atomic mass is 16.6. The summed E-state index contributed by atoms with van der Waals surface area (Å²) in [6, 6.07) is 15.7. The second-order valence-corrected chi connectivity index (χ2v) is 24.5. The smallest absolute Gasteiger partial charge is 0.407 e. The minimum Gasteiger partial charge on any atom is -0.449 e. The normalized spacial score (nSPS) is 14.8. The van der Waals surface area contributed by atoms with E-state index in [1.807, 2.05) is 24.3 Å². The molecular weight excluding hydrogens is 1420 g/mol. The van der Waals surface area contributed by atoms with Gasteiger partial charge in [-0.2, -0.15) is 0 Å². The molecule has 0 spiro atoms. The topological polar surface area (TPSA) is 467 Å². The zero-order valence-electron chi connectivity index (χ0n) is 62.2. The van der Waals surface area contributed by atoms with E-state index in [4.69, 9.17) is 90.7 Å². The van der Waals surface area contributed by atoms with E-state index in [1.165, 1.54) is 23.0 Å². The van der Waals surface area contributed by atoms with Gasteiger partial charge in [0, 0.05) is 51.5 Å². The van der Waals surface area contributed by atoms with Crippen LogP contribution in [0.4, 0.5) is 4.79 Å². The lowest BCUT2D eigenvalue weighted by atomic mass is 9.98. The van der Waals surface area contributed by atoms with Crippen LogP contribution in [0.25, 0.3) is 11.1 Å². The Balaban J connectivity index is 0.960. The molecule has 0 bridgehead atoms. The summed E-state index contributed by atoms with van der Waals surface area (Å²) in [5, 5.41) is 107.